The molecule has 0 atom stereocenters. The molecule has 2 aromatic carbocycles. The van der Waals surface area contributed by atoms with Gasteiger partial charge >= 0.3 is 6.01 Å². The van der Waals surface area contributed by atoms with E-state index in [1.807, 2.05) is 0 Å². The summed E-state index contributed by atoms with van der Waals surface area (Å²) in [7, 11) is -3.44. The molecule has 0 bridgehead atoms. The van der Waals surface area contributed by atoms with E-state index in [1.165, 1.54) is 36.4 Å². The summed E-state index contributed by atoms with van der Waals surface area (Å²) < 4.78 is 43.0. The van der Waals surface area contributed by atoms with Crippen LogP contribution in [0, 0.1) is 5.82 Å². The lowest BCUT2D eigenvalue weighted by Crippen LogP contribution is -2.14. The molecule has 3 rings (SSSR count). The fourth-order valence-corrected chi connectivity index (χ4v) is 3.52. The molecule has 0 spiro atoms. The van der Waals surface area contributed by atoms with Gasteiger partial charge in [-0.3, -0.25) is 10.1 Å². The Morgan fingerprint density at radius 2 is 1.86 bits per heavy atom. The second-order valence-electron chi connectivity index (χ2n) is 6.39. The van der Waals surface area contributed by atoms with E-state index in [1.54, 1.807) is 26.0 Å². The molecule has 1 amide bonds. The molecule has 0 saturated carbocycles. The molecule has 0 fully saturated rings. The Kier molecular flexibility index (Phi) is 5.55. The number of nitrogens with zero attached hydrogens (tertiary/aromatic N) is 2. The Labute approximate surface area is 161 Å². The zero-order chi connectivity index (χ0) is 20.3. The number of amides is 1. The smallest absolute Gasteiger partial charge is 0.322 e. The quantitative estimate of drug-likeness (QED) is 0.678. The van der Waals surface area contributed by atoms with Crippen molar-refractivity contribution in [2.24, 2.45) is 0 Å². The second kappa shape index (κ2) is 7.89. The standard InChI is InChI=1S/C19H18FN3O4S/c1-12(2)28(25,26)16-5-3-4-14(11-16)18-22-23-19(27-18)21-17(24)10-13-6-8-15(20)9-7-13/h3-9,11-12H,10H2,1-2H3,(H,21,23,24). The summed E-state index contributed by atoms with van der Waals surface area (Å²) in [5.74, 6) is -0.705. The average Bonchev–Trinajstić information content (AvgIpc) is 3.12. The molecular formula is C19H18FN3O4S. The molecule has 3 aromatic rings. The van der Waals surface area contributed by atoms with Crippen molar-refractivity contribution in [1.82, 2.24) is 10.2 Å². The summed E-state index contributed by atoms with van der Waals surface area (Å²) in [6.45, 7) is 3.20. The van der Waals surface area contributed by atoms with E-state index in [0.717, 1.165) is 0 Å². The molecule has 1 N–H and O–H groups in total. The van der Waals surface area contributed by atoms with Gasteiger partial charge in [0.15, 0.2) is 9.84 Å². The third-order valence-electron chi connectivity index (χ3n) is 3.98. The molecule has 28 heavy (non-hydrogen) atoms. The number of nitrogens with one attached hydrogen (secondary N) is 1. The van der Waals surface area contributed by atoms with Crippen LogP contribution < -0.4 is 5.32 Å². The fraction of sp³-hybridized carbons (Fsp3) is 0.211. The van der Waals surface area contributed by atoms with Crippen molar-refractivity contribution >= 4 is 21.8 Å². The lowest BCUT2D eigenvalue weighted by molar-refractivity contribution is -0.115. The van der Waals surface area contributed by atoms with Crippen LogP contribution in [0.25, 0.3) is 11.5 Å². The number of hydrogen-bond donors (Lipinski definition) is 1. The Morgan fingerprint density at radius 1 is 1.14 bits per heavy atom. The van der Waals surface area contributed by atoms with E-state index < -0.39 is 21.0 Å². The third-order valence-corrected chi connectivity index (χ3v) is 6.13. The number of benzene rings is 2. The van der Waals surface area contributed by atoms with E-state index in [-0.39, 0.29) is 29.0 Å². The number of hydrogen-bond acceptors (Lipinski definition) is 6. The molecule has 9 heteroatoms. The predicted octanol–water partition coefficient (Wildman–Crippen LogP) is 3.24. The first-order chi connectivity index (χ1) is 13.3. The normalized spacial score (nSPS) is 11.6. The van der Waals surface area contributed by atoms with E-state index in [2.05, 4.69) is 15.5 Å². The third kappa shape index (κ3) is 4.42. The number of sulfone groups is 1. The summed E-state index contributed by atoms with van der Waals surface area (Å²) in [6.07, 6.45) is 0.0140. The number of rotatable bonds is 6. The Balaban J connectivity index is 1.73. The predicted molar refractivity (Wildman–Crippen MR) is 101 cm³/mol. The summed E-state index contributed by atoms with van der Waals surface area (Å²) >= 11 is 0. The molecular weight excluding hydrogens is 385 g/mol. The maximum Gasteiger partial charge on any atom is 0.322 e. The van der Waals surface area contributed by atoms with E-state index >= 15 is 0 Å². The minimum Gasteiger partial charge on any atom is -0.403 e. The zero-order valence-corrected chi connectivity index (χ0v) is 16.0. The van der Waals surface area contributed by atoms with E-state index in [4.69, 9.17) is 4.42 Å². The van der Waals surface area contributed by atoms with Crippen molar-refractivity contribution in [2.75, 3.05) is 5.32 Å². The molecule has 0 aliphatic rings. The number of carbonyl (C=O) groups is 1. The van der Waals surface area contributed by atoms with Crippen molar-refractivity contribution in [1.29, 1.82) is 0 Å². The summed E-state index contributed by atoms with van der Waals surface area (Å²) in [5, 5.41) is 9.51. The Hall–Kier alpha value is -3.07. The number of aromatic nitrogens is 2. The molecule has 0 radical (unpaired) electrons. The monoisotopic (exact) mass is 403 g/mol. The second-order valence-corrected chi connectivity index (χ2v) is 8.89. The largest absolute Gasteiger partial charge is 0.403 e. The van der Waals surface area contributed by atoms with Gasteiger partial charge in [0, 0.05) is 5.56 Å². The lowest BCUT2D eigenvalue weighted by atomic mass is 10.1. The summed E-state index contributed by atoms with van der Waals surface area (Å²) in [5.41, 5.74) is 1.05. The van der Waals surface area contributed by atoms with Crippen LogP contribution in [-0.2, 0) is 21.1 Å². The van der Waals surface area contributed by atoms with Crippen molar-refractivity contribution in [3.05, 3.63) is 59.9 Å². The molecule has 7 nitrogen and oxygen atoms in total. The molecule has 1 heterocycles. The van der Waals surface area contributed by atoms with Crippen LogP contribution in [0.4, 0.5) is 10.4 Å². The molecule has 0 aliphatic heterocycles. The Bertz CT molecular complexity index is 1090. The maximum absolute atomic E-state index is 12.9. The molecule has 0 aliphatic carbocycles. The first-order valence-electron chi connectivity index (χ1n) is 8.48. The van der Waals surface area contributed by atoms with Crippen LogP contribution in [-0.4, -0.2) is 29.8 Å². The van der Waals surface area contributed by atoms with Crippen molar-refractivity contribution in [3.63, 3.8) is 0 Å². The van der Waals surface area contributed by atoms with Gasteiger partial charge in [-0.25, -0.2) is 12.8 Å². The van der Waals surface area contributed by atoms with Gasteiger partial charge in [0.2, 0.25) is 11.8 Å². The first kappa shape index (κ1) is 19.7. The minimum absolute atomic E-state index is 0.0140. The summed E-state index contributed by atoms with van der Waals surface area (Å²) in [6, 6.07) is 11.6. The van der Waals surface area contributed by atoms with Crippen LogP contribution in [0.3, 0.4) is 0 Å². The van der Waals surface area contributed by atoms with Gasteiger partial charge in [-0.15, -0.1) is 5.10 Å². The van der Waals surface area contributed by atoms with Gasteiger partial charge in [-0.05, 0) is 49.7 Å². The van der Waals surface area contributed by atoms with Gasteiger partial charge in [-0.1, -0.05) is 23.3 Å². The van der Waals surface area contributed by atoms with Gasteiger partial charge in [0.1, 0.15) is 5.82 Å². The van der Waals surface area contributed by atoms with E-state index in [0.29, 0.717) is 11.1 Å². The minimum atomic E-state index is -3.44. The average molecular weight is 403 g/mol. The van der Waals surface area contributed by atoms with Gasteiger partial charge in [-0.2, -0.15) is 0 Å². The van der Waals surface area contributed by atoms with Crippen molar-refractivity contribution in [2.45, 2.75) is 30.4 Å². The molecule has 146 valence electrons. The highest BCUT2D eigenvalue weighted by molar-refractivity contribution is 7.92. The van der Waals surface area contributed by atoms with Gasteiger partial charge < -0.3 is 4.42 Å². The van der Waals surface area contributed by atoms with Crippen LogP contribution in [0.15, 0.2) is 57.8 Å². The lowest BCUT2D eigenvalue weighted by Gasteiger charge is -2.08. The summed E-state index contributed by atoms with van der Waals surface area (Å²) in [4.78, 5) is 12.2. The molecule has 0 saturated heterocycles. The first-order valence-corrected chi connectivity index (χ1v) is 10.0. The van der Waals surface area contributed by atoms with Gasteiger partial charge in [0.05, 0.1) is 16.6 Å². The van der Waals surface area contributed by atoms with Crippen molar-refractivity contribution < 1.29 is 22.0 Å². The highest BCUT2D eigenvalue weighted by Crippen LogP contribution is 2.24. The maximum atomic E-state index is 12.9. The highest BCUT2D eigenvalue weighted by atomic mass is 32.2. The fourth-order valence-electron chi connectivity index (χ4n) is 2.42. The van der Waals surface area contributed by atoms with Crippen molar-refractivity contribution in [3.8, 4) is 11.5 Å². The zero-order valence-electron chi connectivity index (χ0n) is 15.2. The van der Waals surface area contributed by atoms with Crippen LogP contribution in [0.1, 0.15) is 19.4 Å². The van der Waals surface area contributed by atoms with Crippen LogP contribution >= 0.6 is 0 Å². The Morgan fingerprint density at radius 3 is 2.54 bits per heavy atom. The SMILES string of the molecule is CC(C)S(=O)(=O)c1cccc(-c2nnc(NC(=O)Cc3ccc(F)cc3)o2)c1. The number of anilines is 1. The molecule has 0 unspecified atom stereocenters. The van der Waals surface area contributed by atoms with Crippen LogP contribution in [0.2, 0.25) is 0 Å². The van der Waals surface area contributed by atoms with Gasteiger partial charge in [0.25, 0.3) is 0 Å². The van der Waals surface area contributed by atoms with Crippen LogP contribution in [0.5, 0.6) is 0 Å². The topological polar surface area (TPSA) is 102 Å². The number of halogens is 1. The highest BCUT2D eigenvalue weighted by Gasteiger charge is 2.20. The molecule has 1 aromatic heterocycles. The number of carbonyl (C=O) groups excluding carboxylic acids is 1. The van der Waals surface area contributed by atoms with E-state index in [9.17, 15) is 17.6 Å².